The molecule has 0 unspecified atom stereocenters. The van der Waals surface area contributed by atoms with E-state index in [1.165, 1.54) is 4.88 Å². The van der Waals surface area contributed by atoms with Crippen LogP contribution in [0.15, 0.2) is 47.5 Å². The number of amides is 2. The van der Waals surface area contributed by atoms with Crippen molar-refractivity contribution in [3.63, 3.8) is 0 Å². The molecule has 2 aliphatic heterocycles. The lowest BCUT2D eigenvalue weighted by atomic mass is 9.75. The Morgan fingerprint density at radius 2 is 1.73 bits per heavy atom. The molecule has 1 saturated heterocycles. The van der Waals surface area contributed by atoms with Crippen LogP contribution in [0.5, 0.6) is 0 Å². The van der Waals surface area contributed by atoms with E-state index >= 15 is 0 Å². The highest BCUT2D eigenvalue weighted by molar-refractivity contribution is 7.15. The van der Waals surface area contributed by atoms with E-state index in [9.17, 15) is 14.4 Å². The molecule has 3 aliphatic rings. The number of thiophene rings is 1. The first kappa shape index (κ1) is 41.5. The summed E-state index contributed by atoms with van der Waals surface area (Å²) in [5.74, 6) is 1.04. The van der Waals surface area contributed by atoms with Crippen LogP contribution in [-0.4, -0.2) is 110 Å². The molecule has 1 fully saturated rings. The van der Waals surface area contributed by atoms with Crippen LogP contribution in [-0.2, 0) is 16.0 Å². The first-order valence-corrected chi connectivity index (χ1v) is 21.6. The Kier molecular flexibility index (Phi) is 11.5. The number of ketones is 1. The summed E-state index contributed by atoms with van der Waals surface area (Å²) in [6.07, 6.45) is 1.39. The monoisotopic (exact) mass is 850 g/mol. The number of benzene rings is 2. The van der Waals surface area contributed by atoms with Crippen LogP contribution in [0, 0.1) is 33.1 Å². The number of nitrogens with two attached hydrogens (primary N) is 1. The number of rotatable bonds is 12. The van der Waals surface area contributed by atoms with Crippen LogP contribution < -0.4 is 11.1 Å². The molecule has 5 aromatic rings. The number of aliphatic imine (C=N–C) groups is 1. The first-order valence-electron chi connectivity index (χ1n) is 20.4. The molecular formula is C44H51ClN10O4S. The van der Waals surface area contributed by atoms with Crippen molar-refractivity contribution in [3.05, 3.63) is 103 Å². The van der Waals surface area contributed by atoms with Crippen LogP contribution in [0.3, 0.4) is 0 Å². The minimum Gasteiger partial charge on any atom is -0.382 e. The lowest BCUT2D eigenvalue weighted by molar-refractivity contribution is -0.133. The van der Waals surface area contributed by atoms with Gasteiger partial charge in [0.1, 0.15) is 16.9 Å². The van der Waals surface area contributed by atoms with Gasteiger partial charge < -0.3 is 20.7 Å². The van der Waals surface area contributed by atoms with Crippen molar-refractivity contribution < 1.29 is 19.1 Å². The van der Waals surface area contributed by atoms with Gasteiger partial charge >= 0.3 is 0 Å². The number of carbonyl (C=O) groups excluding carboxylic acids is 3. The molecule has 8 rings (SSSR count). The van der Waals surface area contributed by atoms with Crippen LogP contribution >= 0.6 is 22.9 Å². The summed E-state index contributed by atoms with van der Waals surface area (Å²) in [6.45, 7) is 17.0. The number of carbonyl (C=O) groups is 3. The normalized spacial score (nSPS) is 17.4. The highest BCUT2D eigenvalue weighted by Crippen LogP contribution is 2.40. The molecule has 3 aromatic heterocycles. The molecule has 1 aliphatic carbocycles. The number of piperazine rings is 1. The molecule has 14 nitrogen and oxygen atoms in total. The van der Waals surface area contributed by atoms with Crippen molar-refractivity contribution in [3.8, 4) is 10.7 Å². The van der Waals surface area contributed by atoms with Crippen molar-refractivity contribution in [2.75, 3.05) is 57.8 Å². The van der Waals surface area contributed by atoms with E-state index in [1.807, 2.05) is 59.8 Å². The third-order valence-corrected chi connectivity index (χ3v) is 13.2. The van der Waals surface area contributed by atoms with Gasteiger partial charge in [-0.15, -0.1) is 21.5 Å². The second kappa shape index (κ2) is 16.7. The number of aromatic nitrogens is 5. The lowest BCUT2D eigenvalue weighted by Crippen LogP contribution is -2.49. The zero-order valence-corrected chi connectivity index (χ0v) is 36.5. The van der Waals surface area contributed by atoms with Crippen molar-refractivity contribution >= 4 is 51.9 Å². The third-order valence-electron chi connectivity index (χ3n) is 11.8. The Balaban J connectivity index is 0.853. The summed E-state index contributed by atoms with van der Waals surface area (Å²) in [5.41, 5.74) is 13.5. The van der Waals surface area contributed by atoms with Crippen LogP contribution in [0.4, 0.5) is 5.69 Å². The number of hydrogen-bond acceptors (Lipinski definition) is 11. The van der Waals surface area contributed by atoms with Gasteiger partial charge in [-0.1, -0.05) is 37.6 Å². The molecule has 5 heterocycles. The average molecular weight is 851 g/mol. The van der Waals surface area contributed by atoms with E-state index in [0.29, 0.717) is 72.6 Å². The van der Waals surface area contributed by atoms with Crippen molar-refractivity contribution in [2.45, 2.75) is 66.8 Å². The van der Waals surface area contributed by atoms with Gasteiger partial charge in [-0.05, 0) is 75.4 Å². The summed E-state index contributed by atoms with van der Waals surface area (Å²) in [4.78, 5) is 49.9. The maximum atomic E-state index is 13.9. The van der Waals surface area contributed by atoms with Gasteiger partial charge in [-0.2, -0.15) is 5.10 Å². The molecule has 3 N–H and O–H groups in total. The third kappa shape index (κ3) is 8.15. The molecule has 2 amide bonds. The minimum absolute atomic E-state index is 0.0332. The van der Waals surface area contributed by atoms with Gasteiger partial charge in [0, 0.05) is 72.4 Å². The van der Waals surface area contributed by atoms with Crippen LogP contribution in [0.1, 0.15) is 98.1 Å². The summed E-state index contributed by atoms with van der Waals surface area (Å²) < 4.78 is 9.90. The number of halogens is 1. The number of hydrogen-bond donors (Lipinski definition) is 2. The second-order valence-corrected chi connectivity index (χ2v) is 18.4. The zero-order valence-electron chi connectivity index (χ0n) is 35.0. The molecule has 0 radical (unpaired) electrons. The summed E-state index contributed by atoms with van der Waals surface area (Å²) in [5, 5.41) is 18.7. The highest BCUT2D eigenvalue weighted by Gasteiger charge is 2.37. The number of nitrogens with one attached hydrogen (secondary N) is 1. The number of nitrogens with zero attached hydrogens (tertiary/aromatic N) is 8. The number of primary amides is 1. The first-order chi connectivity index (χ1) is 28.7. The largest absolute Gasteiger partial charge is 0.382 e. The predicted molar refractivity (Wildman–Crippen MR) is 233 cm³/mol. The van der Waals surface area contributed by atoms with E-state index in [0.717, 1.165) is 70.7 Å². The molecule has 0 saturated carbocycles. The molecule has 2 aromatic carbocycles. The topological polar surface area (TPSA) is 166 Å². The minimum atomic E-state index is -0.539. The fraction of sp³-hybridized carbons (Fsp3) is 0.432. The molecule has 314 valence electrons. The van der Waals surface area contributed by atoms with E-state index in [-0.39, 0.29) is 23.5 Å². The molecule has 60 heavy (non-hydrogen) atoms. The van der Waals surface area contributed by atoms with Gasteiger partial charge in [-0.3, -0.25) is 28.8 Å². The van der Waals surface area contributed by atoms with Gasteiger partial charge in [0.15, 0.2) is 11.6 Å². The maximum absolute atomic E-state index is 13.9. The number of ether oxygens (including phenoxy) is 1. The lowest BCUT2D eigenvalue weighted by Gasteiger charge is -2.35. The van der Waals surface area contributed by atoms with Crippen molar-refractivity contribution in [1.29, 1.82) is 0 Å². The molecular weight excluding hydrogens is 800 g/mol. The molecule has 16 heteroatoms. The number of fused-ring (bicyclic) bond motifs is 4. The smallest absolute Gasteiger partial charge is 0.250 e. The number of Topliss-reactive ketones (excluding diaryl/α,β-unsaturated/α-hetero) is 1. The highest BCUT2D eigenvalue weighted by atomic mass is 35.5. The van der Waals surface area contributed by atoms with Gasteiger partial charge in [0.05, 0.1) is 53.5 Å². The maximum Gasteiger partial charge on any atom is 0.250 e. The fourth-order valence-corrected chi connectivity index (χ4v) is 9.92. The number of aryl methyl sites for hydroxylation is 3. The Morgan fingerprint density at radius 3 is 2.47 bits per heavy atom. The predicted octanol–water partition coefficient (Wildman–Crippen LogP) is 6.21. The Morgan fingerprint density at radius 1 is 0.983 bits per heavy atom. The summed E-state index contributed by atoms with van der Waals surface area (Å²) in [6, 6.07) is 12.5. The SMILES string of the molecule is Cc1nn(-c2ccc(C(N)=O)c(NCCOCCN3CCN(C(=O)C[C@@H]4N=C(c5ccc(Cl)cc5)c5c(sc(C)c5C)-n5c(C)nnc54)CC3)c2)c2c1C(=O)CC(C)(C)C2. The van der Waals surface area contributed by atoms with Gasteiger partial charge in [-0.25, -0.2) is 4.68 Å². The average Bonchev–Trinajstić information content (AvgIpc) is 3.82. The zero-order chi connectivity index (χ0) is 42.5. The summed E-state index contributed by atoms with van der Waals surface area (Å²) in [7, 11) is 0. The number of anilines is 1. The molecule has 1 atom stereocenters. The Labute approximate surface area is 358 Å². The van der Waals surface area contributed by atoms with Crippen molar-refractivity contribution in [1.82, 2.24) is 34.3 Å². The summed E-state index contributed by atoms with van der Waals surface area (Å²) >= 11 is 7.96. The molecule has 0 spiro atoms. The van der Waals surface area contributed by atoms with Gasteiger partial charge in [0.25, 0.3) is 5.91 Å². The second-order valence-electron chi connectivity index (χ2n) is 16.7. The van der Waals surface area contributed by atoms with E-state index in [4.69, 9.17) is 32.2 Å². The van der Waals surface area contributed by atoms with Crippen LogP contribution in [0.25, 0.3) is 10.7 Å². The van der Waals surface area contributed by atoms with E-state index in [2.05, 4.69) is 52.7 Å². The van der Waals surface area contributed by atoms with E-state index < -0.39 is 11.9 Å². The Hall–Kier alpha value is -5.22. The molecule has 0 bridgehead atoms. The quantitative estimate of drug-likeness (QED) is 0.139. The Bertz CT molecular complexity index is 2510. The van der Waals surface area contributed by atoms with E-state index in [1.54, 1.807) is 17.4 Å². The standard InChI is InChI=1S/C44H51ClN10O4S/c1-25-27(3)60-43-38(25)40(29-7-9-30(45)10-8-29)48-34(42-50-49-28(4)54(42)43)22-37(57)53-16-14-52(15-17-53)18-20-59-19-13-47-33-21-31(11-12-32(33)41(46)58)55-35-23-44(5,6)24-36(56)39(35)26(2)51-55/h7-12,21,34,47H,13-20,22-24H2,1-6H3,(H2,46,58)/t34-/m0/s1. The van der Waals surface area contributed by atoms with Gasteiger partial charge in [0.2, 0.25) is 5.91 Å². The van der Waals surface area contributed by atoms with Crippen molar-refractivity contribution in [2.24, 2.45) is 16.1 Å². The van der Waals surface area contributed by atoms with Crippen LogP contribution in [0.2, 0.25) is 5.02 Å². The fourth-order valence-electron chi connectivity index (χ4n) is 8.58.